The number of halogens is 1. The summed E-state index contributed by atoms with van der Waals surface area (Å²) in [6, 6.07) is 6.71. The average Bonchev–Trinajstić information content (AvgIpc) is 3.00. The molecule has 1 heterocycles. The number of nitrogens with one attached hydrogen (secondary N) is 1. The number of aliphatic imine (C=N–C) groups is 1. The van der Waals surface area contributed by atoms with Gasteiger partial charge in [-0.15, -0.1) is 0 Å². The molecule has 1 aliphatic heterocycles. The van der Waals surface area contributed by atoms with Crippen LogP contribution in [0.25, 0.3) is 0 Å². The van der Waals surface area contributed by atoms with E-state index in [9.17, 15) is 9.59 Å². The Labute approximate surface area is 143 Å². The summed E-state index contributed by atoms with van der Waals surface area (Å²) in [5.41, 5.74) is 1.37. The van der Waals surface area contributed by atoms with E-state index in [-0.39, 0.29) is 12.1 Å². The summed E-state index contributed by atoms with van der Waals surface area (Å²) >= 11 is 3.39. The second-order valence-electron chi connectivity index (χ2n) is 6.05. The van der Waals surface area contributed by atoms with Gasteiger partial charge in [-0.1, -0.05) is 28.1 Å². The lowest BCUT2D eigenvalue weighted by Crippen LogP contribution is -2.44. The van der Waals surface area contributed by atoms with E-state index >= 15 is 0 Å². The number of amides is 2. The van der Waals surface area contributed by atoms with Crippen molar-refractivity contribution in [1.82, 2.24) is 5.32 Å². The zero-order chi connectivity index (χ0) is 16.4. The third-order valence-electron chi connectivity index (χ3n) is 4.41. The van der Waals surface area contributed by atoms with Gasteiger partial charge in [-0.05, 0) is 50.3 Å². The molecule has 2 atom stereocenters. The van der Waals surface area contributed by atoms with Crippen LogP contribution in [0.5, 0.6) is 0 Å². The quantitative estimate of drug-likeness (QED) is 0.813. The molecule has 23 heavy (non-hydrogen) atoms. The number of hydrogen-bond donors (Lipinski definition) is 1. The number of benzene rings is 1. The molecule has 1 aliphatic carbocycles. The van der Waals surface area contributed by atoms with Gasteiger partial charge in [0.05, 0.1) is 6.04 Å². The summed E-state index contributed by atoms with van der Waals surface area (Å²) in [5, 5.41) is 2.80. The molecule has 1 N–H and O–H groups in total. The van der Waals surface area contributed by atoms with Gasteiger partial charge in [0.15, 0.2) is 0 Å². The Morgan fingerprint density at radius 3 is 2.57 bits per heavy atom. The van der Waals surface area contributed by atoms with Crippen molar-refractivity contribution >= 4 is 33.6 Å². The fourth-order valence-electron chi connectivity index (χ4n) is 3.22. The Bertz CT molecular complexity index is 636. The molecule has 1 fully saturated rings. The lowest BCUT2D eigenvalue weighted by atomic mass is 9.88. The standard InChI is InChI=1S/C17H19BrN2O3/c1-10-14(16(21)23-13-4-2-3-5-13)15(20-17(22)19-10)11-6-8-12(18)9-7-11/h6-9,13-15H,2-5H2,1H3,(H,20,22). The Balaban J connectivity index is 1.85. The molecule has 0 bridgehead atoms. The fourth-order valence-corrected chi connectivity index (χ4v) is 3.48. The molecule has 0 spiro atoms. The van der Waals surface area contributed by atoms with E-state index in [1.165, 1.54) is 0 Å². The molecule has 3 rings (SSSR count). The first-order valence-electron chi connectivity index (χ1n) is 7.86. The van der Waals surface area contributed by atoms with Gasteiger partial charge in [-0.3, -0.25) is 4.79 Å². The minimum atomic E-state index is -0.575. The van der Waals surface area contributed by atoms with Crippen LogP contribution in [0.3, 0.4) is 0 Å². The molecular formula is C17H19BrN2O3. The van der Waals surface area contributed by atoms with Crippen LogP contribution in [0, 0.1) is 5.92 Å². The van der Waals surface area contributed by atoms with Crippen molar-refractivity contribution in [1.29, 1.82) is 0 Å². The van der Waals surface area contributed by atoms with E-state index in [0.29, 0.717) is 5.71 Å². The van der Waals surface area contributed by atoms with Gasteiger partial charge in [0.25, 0.3) is 0 Å². The molecule has 6 heteroatoms. The van der Waals surface area contributed by atoms with Crippen molar-refractivity contribution in [2.75, 3.05) is 0 Å². The van der Waals surface area contributed by atoms with Crippen LogP contribution in [-0.4, -0.2) is 23.8 Å². The molecule has 0 saturated heterocycles. The first-order valence-corrected chi connectivity index (χ1v) is 8.65. The highest BCUT2D eigenvalue weighted by atomic mass is 79.9. The highest BCUT2D eigenvalue weighted by Gasteiger charge is 2.39. The number of nitrogens with zero attached hydrogens (tertiary/aromatic N) is 1. The fraction of sp³-hybridized carbons (Fsp3) is 0.471. The van der Waals surface area contributed by atoms with Crippen LogP contribution >= 0.6 is 15.9 Å². The van der Waals surface area contributed by atoms with Crippen LogP contribution < -0.4 is 5.32 Å². The number of hydrogen-bond acceptors (Lipinski definition) is 3. The van der Waals surface area contributed by atoms with E-state index in [1.807, 2.05) is 24.3 Å². The molecule has 2 aliphatic rings. The molecule has 122 valence electrons. The minimum Gasteiger partial charge on any atom is -0.462 e. The number of urea groups is 1. The number of rotatable bonds is 3. The molecule has 0 aromatic heterocycles. The largest absolute Gasteiger partial charge is 0.462 e. The predicted octanol–water partition coefficient (Wildman–Crippen LogP) is 3.78. The zero-order valence-corrected chi connectivity index (χ0v) is 14.5. The molecule has 1 aromatic carbocycles. The van der Waals surface area contributed by atoms with Crippen LogP contribution in [0.1, 0.15) is 44.2 Å². The monoisotopic (exact) mass is 378 g/mol. The third-order valence-corrected chi connectivity index (χ3v) is 4.94. The van der Waals surface area contributed by atoms with Crippen molar-refractivity contribution < 1.29 is 14.3 Å². The molecule has 0 radical (unpaired) electrons. The van der Waals surface area contributed by atoms with E-state index in [4.69, 9.17) is 4.74 Å². The first kappa shape index (κ1) is 16.2. The molecule has 5 nitrogen and oxygen atoms in total. The Morgan fingerprint density at radius 1 is 1.26 bits per heavy atom. The lowest BCUT2D eigenvalue weighted by Gasteiger charge is -2.30. The highest BCUT2D eigenvalue weighted by Crippen LogP contribution is 2.30. The highest BCUT2D eigenvalue weighted by molar-refractivity contribution is 9.10. The first-order chi connectivity index (χ1) is 11.0. The van der Waals surface area contributed by atoms with Gasteiger partial charge in [0.2, 0.25) is 0 Å². The van der Waals surface area contributed by atoms with Gasteiger partial charge < -0.3 is 10.1 Å². The summed E-state index contributed by atoms with van der Waals surface area (Å²) in [4.78, 5) is 28.3. The molecule has 1 saturated carbocycles. The summed E-state index contributed by atoms with van der Waals surface area (Å²) in [6.45, 7) is 1.71. The minimum absolute atomic E-state index is 0.00139. The number of esters is 1. The Kier molecular flexibility index (Phi) is 4.80. The average molecular weight is 379 g/mol. The van der Waals surface area contributed by atoms with Crippen molar-refractivity contribution in [3.63, 3.8) is 0 Å². The molecule has 2 amide bonds. The zero-order valence-electron chi connectivity index (χ0n) is 12.9. The maximum Gasteiger partial charge on any atom is 0.341 e. The lowest BCUT2D eigenvalue weighted by molar-refractivity contribution is -0.152. The third kappa shape index (κ3) is 3.63. The van der Waals surface area contributed by atoms with Crippen LogP contribution in [-0.2, 0) is 9.53 Å². The second kappa shape index (κ2) is 6.83. The smallest absolute Gasteiger partial charge is 0.341 e. The topological polar surface area (TPSA) is 67.8 Å². The van der Waals surface area contributed by atoms with E-state index in [2.05, 4.69) is 26.2 Å². The summed E-state index contributed by atoms with van der Waals surface area (Å²) in [6.07, 6.45) is 4.04. The van der Waals surface area contributed by atoms with Gasteiger partial charge in [-0.25, -0.2) is 9.79 Å². The van der Waals surface area contributed by atoms with Crippen LogP contribution in [0.2, 0.25) is 0 Å². The summed E-state index contributed by atoms with van der Waals surface area (Å²) in [5.74, 6) is -0.874. The van der Waals surface area contributed by atoms with Crippen molar-refractivity contribution in [3.8, 4) is 0 Å². The summed E-state index contributed by atoms with van der Waals surface area (Å²) in [7, 11) is 0. The number of carbonyl (C=O) groups excluding carboxylic acids is 2. The van der Waals surface area contributed by atoms with Crippen LogP contribution in [0.4, 0.5) is 4.79 Å². The number of carbonyl (C=O) groups is 2. The van der Waals surface area contributed by atoms with Crippen molar-refractivity contribution in [2.45, 2.75) is 44.8 Å². The molecule has 1 aromatic rings. The van der Waals surface area contributed by atoms with E-state index in [0.717, 1.165) is 35.7 Å². The van der Waals surface area contributed by atoms with Gasteiger partial charge in [0.1, 0.15) is 12.0 Å². The predicted molar refractivity (Wildman–Crippen MR) is 90.4 cm³/mol. The van der Waals surface area contributed by atoms with Crippen molar-refractivity contribution in [2.24, 2.45) is 10.9 Å². The van der Waals surface area contributed by atoms with E-state index < -0.39 is 18.0 Å². The van der Waals surface area contributed by atoms with E-state index in [1.54, 1.807) is 6.92 Å². The van der Waals surface area contributed by atoms with Crippen LogP contribution in [0.15, 0.2) is 33.7 Å². The van der Waals surface area contributed by atoms with Gasteiger partial charge in [-0.2, -0.15) is 0 Å². The Morgan fingerprint density at radius 2 is 1.91 bits per heavy atom. The summed E-state index contributed by atoms with van der Waals surface area (Å²) < 4.78 is 6.59. The second-order valence-corrected chi connectivity index (χ2v) is 6.97. The van der Waals surface area contributed by atoms with Gasteiger partial charge >= 0.3 is 12.0 Å². The molecular weight excluding hydrogens is 360 g/mol. The van der Waals surface area contributed by atoms with Gasteiger partial charge in [0, 0.05) is 10.2 Å². The maximum atomic E-state index is 12.7. The van der Waals surface area contributed by atoms with Crippen molar-refractivity contribution in [3.05, 3.63) is 34.3 Å². The normalized spacial score (nSPS) is 25.0. The SMILES string of the molecule is CC1=NC(=O)NC(c2ccc(Br)cc2)C1C(=O)OC1CCCC1. The Hall–Kier alpha value is -1.69. The maximum absolute atomic E-state index is 12.7. The molecule has 2 unspecified atom stereocenters. The number of ether oxygens (including phenoxy) is 1.